The molecule has 0 unspecified atom stereocenters. The molecule has 26 heavy (non-hydrogen) atoms. The molecule has 136 valence electrons. The molecule has 1 N–H and O–H groups in total. The number of nitrogens with one attached hydrogen (secondary N) is 1. The number of aromatic nitrogens is 3. The molecule has 0 aliphatic carbocycles. The number of benzene rings is 1. The van der Waals surface area contributed by atoms with Gasteiger partial charge in [0.25, 0.3) is 0 Å². The Hall–Kier alpha value is -2.12. The number of aryl methyl sites for hydroxylation is 2. The maximum atomic E-state index is 12.6. The molecule has 3 aromatic rings. The largest absolute Gasteiger partial charge is 0.325 e. The first kappa shape index (κ1) is 18.7. The molecule has 0 saturated heterocycles. The lowest BCUT2D eigenvalue weighted by Crippen LogP contribution is -2.23. The highest BCUT2D eigenvalue weighted by atomic mass is 32.2. The van der Waals surface area contributed by atoms with Gasteiger partial charge < -0.3 is 9.88 Å². The lowest BCUT2D eigenvalue weighted by atomic mass is 10.1. The van der Waals surface area contributed by atoms with Gasteiger partial charge in [0.15, 0.2) is 11.0 Å². The summed E-state index contributed by atoms with van der Waals surface area (Å²) in [6.45, 7) is 8.72. The molecule has 1 amide bonds. The molecule has 0 aliphatic rings. The van der Waals surface area contributed by atoms with Crippen LogP contribution in [0.1, 0.15) is 25.0 Å². The maximum absolute atomic E-state index is 12.6. The van der Waals surface area contributed by atoms with Crippen LogP contribution in [0.4, 0.5) is 5.69 Å². The van der Waals surface area contributed by atoms with Gasteiger partial charge in [0.1, 0.15) is 0 Å². The van der Waals surface area contributed by atoms with Gasteiger partial charge in [-0.3, -0.25) is 4.79 Å². The molecule has 2 aromatic heterocycles. The second-order valence-electron chi connectivity index (χ2n) is 6.10. The van der Waals surface area contributed by atoms with Crippen LogP contribution in [0.2, 0.25) is 0 Å². The standard InChI is InChI=1S/C19H22N4OS2/c1-5-23-17(16-7-6-10-25-16)21-22-19(23)26-14(4)18(24)20-15-11-12(2)8-9-13(15)3/h6-11,14H,5H2,1-4H3,(H,20,24)/t14-/m0/s1. The zero-order valence-electron chi connectivity index (χ0n) is 15.3. The fourth-order valence-corrected chi connectivity index (χ4v) is 4.20. The minimum Gasteiger partial charge on any atom is -0.325 e. The first-order chi connectivity index (χ1) is 12.5. The van der Waals surface area contributed by atoms with Crippen molar-refractivity contribution in [1.82, 2.24) is 14.8 Å². The van der Waals surface area contributed by atoms with Gasteiger partial charge in [-0.05, 0) is 56.3 Å². The fourth-order valence-electron chi connectivity index (χ4n) is 2.57. The summed E-state index contributed by atoms with van der Waals surface area (Å²) in [6.07, 6.45) is 0. The van der Waals surface area contributed by atoms with Crippen LogP contribution in [-0.2, 0) is 11.3 Å². The third-order valence-corrected chi connectivity index (χ3v) is 6.02. The second kappa shape index (κ2) is 8.05. The van der Waals surface area contributed by atoms with Gasteiger partial charge in [-0.15, -0.1) is 21.5 Å². The van der Waals surface area contributed by atoms with Gasteiger partial charge >= 0.3 is 0 Å². The van der Waals surface area contributed by atoms with Crippen LogP contribution in [0.5, 0.6) is 0 Å². The number of amides is 1. The smallest absolute Gasteiger partial charge is 0.237 e. The lowest BCUT2D eigenvalue weighted by molar-refractivity contribution is -0.115. The Bertz CT molecular complexity index is 902. The van der Waals surface area contributed by atoms with Gasteiger partial charge in [0.05, 0.1) is 10.1 Å². The number of carbonyl (C=O) groups excluding carboxylic acids is 1. The van der Waals surface area contributed by atoms with Gasteiger partial charge in [-0.1, -0.05) is 30.0 Å². The minimum absolute atomic E-state index is 0.0352. The Morgan fingerprint density at radius 3 is 2.81 bits per heavy atom. The number of hydrogen-bond donors (Lipinski definition) is 1. The van der Waals surface area contributed by atoms with Crippen molar-refractivity contribution < 1.29 is 4.79 Å². The number of rotatable bonds is 6. The van der Waals surface area contributed by atoms with E-state index in [9.17, 15) is 4.79 Å². The van der Waals surface area contributed by atoms with Gasteiger partial charge in [-0.2, -0.15) is 0 Å². The number of anilines is 1. The number of thiophene rings is 1. The fraction of sp³-hybridized carbons (Fsp3) is 0.316. The molecular formula is C19H22N4OS2. The summed E-state index contributed by atoms with van der Waals surface area (Å²) in [4.78, 5) is 13.7. The van der Waals surface area contributed by atoms with Crippen molar-refractivity contribution in [2.75, 3.05) is 5.32 Å². The van der Waals surface area contributed by atoms with E-state index >= 15 is 0 Å². The molecule has 5 nitrogen and oxygen atoms in total. The van der Waals surface area contributed by atoms with Crippen molar-refractivity contribution in [1.29, 1.82) is 0 Å². The van der Waals surface area contributed by atoms with Crippen LogP contribution >= 0.6 is 23.1 Å². The van der Waals surface area contributed by atoms with E-state index in [1.165, 1.54) is 11.8 Å². The predicted octanol–water partition coefficient (Wildman–Crippen LogP) is 4.76. The number of hydrogen-bond acceptors (Lipinski definition) is 5. The molecule has 2 heterocycles. The molecule has 0 saturated carbocycles. The lowest BCUT2D eigenvalue weighted by Gasteiger charge is -2.14. The normalized spacial score (nSPS) is 12.2. The Kier molecular flexibility index (Phi) is 5.78. The molecule has 7 heteroatoms. The molecule has 0 fully saturated rings. The monoisotopic (exact) mass is 386 g/mol. The number of carbonyl (C=O) groups is 1. The Labute approximate surface area is 161 Å². The summed E-state index contributed by atoms with van der Waals surface area (Å²) < 4.78 is 2.05. The Morgan fingerprint density at radius 2 is 2.12 bits per heavy atom. The van der Waals surface area contributed by atoms with E-state index in [0.717, 1.165) is 39.2 Å². The van der Waals surface area contributed by atoms with E-state index < -0.39 is 0 Å². The zero-order valence-corrected chi connectivity index (χ0v) is 16.9. The summed E-state index contributed by atoms with van der Waals surface area (Å²) in [5.41, 5.74) is 3.04. The molecule has 0 aliphatic heterocycles. The molecule has 1 aromatic carbocycles. The summed E-state index contributed by atoms with van der Waals surface area (Å²) in [6, 6.07) is 10.1. The zero-order chi connectivity index (χ0) is 18.7. The molecular weight excluding hydrogens is 364 g/mol. The van der Waals surface area contributed by atoms with E-state index in [-0.39, 0.29) is 11.2 Å². The molecule has 3 rings (SSSR count). The number of thioether (sulfide) groups is 1. The molecule has 0 spiro atoms. The summed E-state index contributed by atoms with van der Waals surface area (Å²) >= 11 is 3.07. The molecule has 0 bridgehead atoms. The van der Waals surface area contributed by atoms with Crippen molar-refractivity contribution in [2.45, 2.75) is 44.6 Å². The van der Waals surface area contributed by atoms with Crippen molar-refractivity contribution in [3.05, 3.63) is 46.8 Å². The molecule has 0 radical (unpaired) electrons. The van der Waals surface area contributed by atoms with Crippen LogP contribution in [0.25, 0.3) is 10.7 Å². The Balaban J connectivity index is 1.74. The predicted molar refractivity (Wildman–Crippen MR) is 109 cm³/mol. The van der Waals surface area contributed by atoms with Gasteiger partial charge in [0.2, 0.25) is 5.91 Å². The van der Waals surface area contributed by atoms with Crippen LogP contribution in [-0.4, -0.2) is 25.9 Å². The highest BCUT2D eigenvalue weighted by Gasteiger charge is 2.21. The first-order valence-corrected chi connectivity index (χ1v) is 10.3. The third-order valence-electron chi connectivity index (χ3n) is 4.08. The van der Waals surface area contributed by atoms with Crippen molar-refractivity contribution >= 4 is 34.7 Å². The maximum Gasteiger partial charge on any atom is 0.237 e. The van der Waals surface area contributed by atoms with Crippen LogP contribution in [0, 0.1) is 13.8 Å². The quantitative estimate of drug-likeness (QED) is 0.620. The van der Waals surface area contributed by atoms with E-state index in [1.54, 1.807) is 11.3 Å². The van der Waals surface area contributed by atoms with Crippen molar-refractivity contribution in [3.63, 3.8) is 0 Å². The van der Waals surface area contributed by atoms with E-state index in [4.69, 9.17) is 0 Å². The van der Waals surface area contributed by atoms with Crippen LogP contribution in [0.3, 0.4) is 0 Å². The topological polar surface area (TPSA) is 59.8 Å². The van der Waals surface area contributed by atoms with E-state index in [2.05, 4.69) is 27.0 Å². The SMILES string of the molecule is CCn1c(S[C@@H](C)C(=O)Nc2cc(C)ccc2C)nnc1-c1cccs1. The van der Waals surface area contributed by atoms with Gasteiger partial charge in [0, 0.05) is 12.2 Å². The minimum atomic E-state index is -0.277. The van der Waals surface area contributed by atoms with E-state index in [0.29, 0.717) is 0 Å². The van der Waals surface area contributed by atoms with E-state index in [1.807, 2.05) is 56.5 Å². The van der Waals surface area contributed by atoms with Crippen molar-refractivity contribution in [3.8, 4) is 10.7 Å². The van der Waals surface area contributed by atoms with Crippen LogP contribution < -0.4 is 5.32 Å². The highest BCUT2D eigenvalue weighted by molar-refractivity contribution is 8.00. The van der Waals surface area contributed by atoms with Crippen molar-refractivity contribution in [2.24, 2.45) is 0 Å². The summed E-state index contributed by atoms with van der Waals surface area (Å²) in [5.74, 6) is 0.819. The Morgan fingerprint density at radius 1 is 1.31 bits per heavy atom. The second-order valence-corrected chi connectivity index (χ2v) is 8.35. The summed E-state index contributed by atoms with van der Waals surface area (Å²) in [5, 5.41) is 14.2. The summed E-state index contributed by atoms with van der Waals surface area (Å²) in [7, 11) is 0. The first-order valence-electron chi connectivity index (χ1n) is 8.51. The average Bonchev–Trinajstić information content (AvgIpc) is 3.27. The molecule has 1 atom stereocenters. The highest BCUT2D eigenvalue weighted by Crippen LogP contribution is 2.29. The number of nitrogens with zero attached hydrogens (tertiary/aromatic N) is 3. The third kappa shape index (κ3) is 3.99. The van der Waals surface area contributed by atoms with Crippen LogP contribution in [0.15, 0.2) is 40.9 Å². The van der Waals surface area contributed by atoms with Gasteiger partial charge in [-0.25, -0.2) is 0 Å². The average molecular weight is 387 g/mol.